The summed E-state index contributed by atoms with van der Waals surface area (Å²) in [5, 5.41) is 24.0. The van der Waals surface area contributed by atoms with Crippen molar-refractivity contribution < 1.29 is 19.0 Å². The zero-order chi connectivity index (χ0) is 18.6. The minimum Gasteiger partial charge on any atom is -0.317 e. The molecule has 128 valence electrons. The van der Waals surface area contributed by atoms with Crippen LogP contribution in [0.4, 0.5) is 21.5 Å². The van der Waals surface area contributed by atoms with Gasteiger partial charge in [0, 0.05) is 17.7 Å². The number of carbonyl (C=O) groups is 1. The summed E-state index contributed by atoms with van der Waals surface area (Å²) < 4.78 is 13.6. The number of nitro groups is 2. The Morgan fingerprint density at radius 3 is 2.48 bits per heavy atom. The second-order valence-corrected chi connectivity index (χ2v) is 5.08. The molecule has 0 saturated carbocycles. The molecule has 2 aromatic rings. The van der Waals surface area contributed by atoms with Crippen LogP contribution >= 0.6 is 11.6 Å². The number of hydrogen-bond acceptors (Lipinski definition) is 5. The number of benzene rings is 2. The van der Waals surface area contributed by atoms with Gasteiger partial charge in [-0.05, 0) is 24.3 Å². The molecule has 0 radical (unpaired) electrons. The first-order valence-corrected chi connectivity index (χ1v) is 7.03. The lowest BCUT2D eigenvalue weighted by atomic mass is 10.2. The van der Waals surface area contributed by atoms with Crippen molar-refractivity contribution in [1.29, 1.82) is 0 Å². The SMILES string of the molecule is O=C(C=Cc1c(F)cccc1Cl)Nc1ccc([N+](=O)[O-])cc1[N+](=O)[O-]. The maximum atomic E-state index is 13.6. The zero-order valence-corrected chi connectivity index (χ0v) is 13.1. The third-order valence-electron chi connectivity index (χ3n) is 3.05. The molecule has 8 nitrogen and oxygen atoms in total. The molecular weight excluding hydrogens is 357 g/mol. The van der Waals surface area contributed by atoms with E-state index in [-0.39, 0.29) is 16.3 Å². The minimum absolute atomic E-state index is 0.0162. The van der Waals surface area contributed by atoms with Crippen LogP contribution in [0.2, 0.25) is 5.02 Å². The highest BCUT2D eigenvalue weighted by Gasteiger charge is 2.20. The molecule has 2 aromatic carbocycles. The number of rotatable bonds is 5. The Hall–Kier alpha value is -3.33. The molecule has 0 spiro atoms. The summed E-state index contributed by atoms with van der Waals surface area (Å²) in [5.41, 5.74) is -1.37. The monoisotopic (exact) mass is 365 g/mol. The summed E-state index contributed by atoms with van der Waals surface area (Å²) >= 11 is 5.81. The third kappa shape index (κ3) is 4.36. The highest BCUT2D eigenvalue weighted by atomic mass is 35.5. The number of carbonyl (C=O) groups excluding carboxylic acids is 1. The molecule has 0 unspecified atom stereocenters. The Morgan fingerprint density at radius 1 is 1.16 bits per heavy atom. The van der Waals surface area contributed by atoms with Crippen molar-refractivity contribution in [1.82, 2.24) is 0 Å². The van der Waals surface area contributed by atoms with E-state index in [0.29, 0.717) is 0 Å². The van der Waals surface area contributed by atoms with Crippen LogP contribution in [0.3, 0.4) is 0 Å². The van der Waals surface area contributed by atoms with Crippen LogP contribution in [0.15, 0.2) is 42.5 Å². The molecule has 0 fully saturated rings. The lowest BCUT2D eigenvalue weighted by molar-refractivity contribution is -0.393. The normalized spacial score (nSPS) is 10.6. The van der Waals surface area contributed by atoms with Gasteiger partial charge in [-0.3, -0.25) is 25.0 Å². The fraction of sp³-hybridized carbons (Fsp3) is 0. The van der Waals surface area contributed by atoms with Crippen molar-refractivity contribution in [2.24, 2.45) is 0 Å². The largest absolute Gasteiger partial charge is 0.317 e. The molecule has 0 aromatic heterocycles. The lowest BCUT2D eigenvalue weighted by Crippen LogP contribution is -2.10. The average molecular weight is 366 g/mol. The number of halogens is 2. The van der Waals surface area contributed by atoms with Crippen molar-refractivity contribution in [2.45, 2.75) is 0 Å². The number of nitrogens with zero attached hydrogens (tertiary/aromatic N) is 2. The molecule has 10 heteroatoms. The van der Waals surface area contributed by atoms with Gasteiger partial charge in [0.25, 0.3) is 11.4 Å². The molecule has 0 heterocycles. The van der Waals surface area contributed by atoms with Crippen LogP contribution in [0.25, 0.3) is 6.08 Å². The fourth-order valence-corrected chi connectivity index (χ4v) is 2.12. The predicted molar refractivity (Wildman–Crippen MR) is 88.8 cm³/mol. The topological polar surface area (TPSA) is 115 Å². The van der Waals surface area contributed by atoms with Crippen LogP contribution in [-0.2, 0) is 4.79 Å². The van der Waals surface area contributed by atoms with Gasteiger partial charge in [-0.1, -0.05) is 17.7 Å². The number of hydrogen-bond donors (Lipinski definition) is 1. The Morgan fingerprint density at radius 2 is 1.88 bits per heavy atom. The minimum atomic E-state index is -0.861. The van der Waals surface area contributed by atoms with E-state index in [2.05, 4.69) is 5.32 Å². The number of nitro benzene ring substituents is 2. The summed E-state index contributed by atoms with van der Waals surface area (Å²) in [6.07, 6.45) is 2.06. The first kappa shape index (κ1) is 18.0. The van der Waals surface area contributed by atoms with Crippen molar-refractivity contribution in [3.8, 4) is 0 Å². The van der Waals surface area contributed by atoms with E-state index in [0.717, 1.165) is 36.4 Å². The van der Waals surface area contributed by atoms with Gasteiger partial charge < -0.3 is 5.32 Å². The maximum absolute atomic E-state index is 13.6. The first-order valence-electron chi connectivity index (χ1n) is 6.65. The van der Waals surface area contributed by atoms with Gasteiger partial charge in [0.15, 0.2) is 0 Å². The van der Waals surface area contributed by atoms with Crippen LogP contribution in [-0.4, -0.2) is 15.8 Å². The highest BCUT2D eigenvalue weighted by molar-refractivity contribution is 6.32. The van der Waals surface area contributed by atoms with E-state index >= 15 is 0 Å². The second kappa shape index (κ2) is 7.49. The lowest BCUT2D eigenvalue weighted by Gasteiger charge is -2.04. The van der Waals surface area contributed by atoms with Crippen LogP contribution in [0.5, 0.6) is 0 Å². The Balaban J connectivity index is 2.24. The zero-order valence-electron chi connectivity index (χ0n) is 12.3. The predicted octanol–water partition coefficient (Wildman–Crippen LogP) is 3.95. The molecule has 2 rings (SSSR count). The molecule has 0 saturated heterocycles. The van der Waals surface area contributed by atoms with Crippen molar-refractivity contribution in [3.63, 3.8) is 0 Å². The van der Waals surface area contributed by atoms with Gasteiger partial charge in [-0.15, -0.1) is 0 Å². The van der Waals surface area contributed by atoms with E-state index in [4.69, 9.17) is 11.6 Å². The molecule has 0 aliphatic carbocycles. The van der Waals surface area contributed by atoms with Crippen LogP contribution in [0, 0.1) is 26.0 Å². The maximum Gasteiger partial charge on any atom is 0.299 e. The quantitative estimate of drug-likeness (QED) is 0.489. The highest BCUT2D eigenvalue weighted by Crippen LogP contribution is 2.29. The standard InChI is InChI=1S/C15H9ClFN3O5/c16-11-2-1-3-12(17)10(11)5-7-15(21)18-13-6-4-9(19(22)23)8-14(13)20(24)25/h1-8H,(H,18,21). The Bertz CT molecular complexity index is 880. The first-order chi connectivity index (χ1) is 11.8. The molecule has 0 atom stereocenters. The van der Waals surface area contributed by atoms with E-state index in [9.17, 15) is 29.4 Å². The molecule has 0 bridgehead atoms. The van der Waals surface area contributed by atoms with Gasteiger partial charge in [0.2, 0.25) is 5.91 Å². The van der Waals surface area contributed by atoms with Crippen molar-refractivity contribution >= 4 is 40.6 Å². The van der Waals surface area contributed by atoms with Gasteiger partial charge in [0.05, 0.1) is 20.9 Å². The van der Waals surface area contributed by atoms with E-state index in [1.807, 2.05) is 0 Å². The van der Waals surface area contributed by atoms with Crippen molar-refractivity contribution in [3.05, 3.63) is 79.1 Å². The smallest absolute Gasteiger partial charge is 0.299 e. The summed E-state index contributed by atoms with van der Waals surface area (Å²) in [6.45, 7) is 0. The van der Waals surface area contributed by atoms with Gasteiger partial charge >= 0.3 is 0 Å². The van der Waals surface area contributed by atoms with Crippen molar-refractivity contribution in [2.75, 3.05) is 5.32 Å². The number of amides is 1. The number of anilines is 1. The molecule has 1 N–H and O–H groups in total. The summed E-state index contributed by atoms with van der Waals surface area (Å²) in [5.74, 6) is -1.44. The summed E-state index contributed by atoms with van der Waals surface area (Å²) in [6, 6.07) is 6.77. The number of non-ortho nitro benzene ring substituents is 1. The summed E-state index contributed by atoms with van der Waals surface area (Å²) in [7, 11) is 0. The third-order valence-corrected chi connectivity index (χ3v) is 3.38. The molecule has 25 heavy (non-hydrogen) atoms. The van der Waals surface area contributed by atoms with Crippen LogP contribution in [0.1, 0.15) is 5.56 Å². The molecule has 1 amide bonds. The molecule has 0 aliphatic rings. The van der Waals surface area contributed by atoms with Gasteiger partial charge in [-0.25, -0.2) is 4.39 Å². The van der Waals surface area contributed by atoms with Gasteiger partial charge in [0.1, 0.15) is 11.5 Å². The van der Waals surface area contributed by atoms with E-state index < -0.39 is 32.9 Å². The average Bonchev–Trinajstić information content (AvgIpc) is 2.54. The molecule has 0 aliphatic heterocycles. The van der Waals surface area contributed by atoms with E-state index in [1.54, 1.807) is 0 Å². The molecular formula is C15H9ClFN3O5. The van der Waals surface area contributed by atoms with Crippen LogP contribution < -0.4 is 5.32 Å². The fourth-order valence-electron chi connectivity index (χ4n) is 1.89. The Kier molecular flexibility index (Phi) is 5.40. The number of nitrogens with one attached hydrogen (secondary N) is 1. The second-order valence-electron chi connectivity index (χ2n) is 4.67. The van der Waals surface area contributed by atoms with E-state index in [1.165, 1.54) is 12.1 Å². The van der Waals surface area contributed by atoms with Gasteiger partial charge in [-0.2, -0.15) is 0 Å². The Labute approximate surface area is 144 Å². The summed E-state index contributed by atoms with van der Waals surface area (Å²) in [4.78, 5) is 31.9.